The third-order valence-electron chi connectivity index (χ3n) is 8.08. The Morgan fingerprint density at radius 1 is 1.08 bits per heavy atom. The number of aryl methyl sites for hydroxylation is 4. The maximum absolute atomic E-state index is 15.9. The number of hydrogen-bond donors (Lipinski definition) is 2. The maximum atomic E-state index is 15.9. The van der Waals surface area contributed by atoms with E-state index in [0.717, 1.165) is 10.8 Å². The summed E-state index contributed by atoms with van der Waals surface area (Å²) in [5.74, 6) is -1.80. The molecule has 2 heterocycles. The van der Waals surface area contributed by atoms with E-state index in [1.807, 2.05) is 0 Å². The van der Waals surface area contributed by atoms with Gasteiger partial charge in [-0.2, -0.15) is 18.3 Å². The van der Waals surface area contributed by atoms with Gasteiger partial charge in [0.15, 0.2) is 0 Å². The van der Waals surface area contributed by atoms with E-state index in [9.17, 15) is 37.1 Å². The van der Waals surface area contributed by atoms with Gasteiger partial charge in [0.2, 0.25) is 5.91 Å². The first-order chi connectivity index (χ1) is 23.0. The van der Waals surface area contributed by atoms with Gasteiger partial charge in [0.25, 0.3) is 5.56 Å². The molecule has 4 aromatic rings. The van der Waals surface area contributed by atoms with E-state index in [-0.39, 0.29) is 42.0 Å². The summed E-state index contributed by atoms with van der Waals surface area (Å²) in [4.78, 5) is 39.2. The number of carboxylic acids is 1. The first kappa shape index (κ1) is 36.6. The fourth-order valence-corrected chi connectivity index (χ4v) is 5.96. The number of hydrogen-bond acceptors (Lipinski definition) is 4. The summed E-state index contributed by atoms with van der Waals surface area (Å²) in [6, 6.07) is 4.37. The van der Waals surface area contributed by atoms with E-state index in [4.69, 9.17) is 6.42 Å². The number of halogens is 5. The van der Waals surface area contributed by atoms with Crippen molar-refractivity contribution in [2.24, 2.45) is 5.92 Å². The molecule has 2 aromatic heterocycles. The minimum Gasteiger partial charge on any atom is -0.481 e. The summed E-state index contributed by atoms with van der Waals surface area (Å²) in [6.07, 6.45) is 3.76. The summed E-state index contributed by atoms with van der Waals surface area (Å²) < 4.78 is 74.4. The normalized spacial score (nSPS) is 12.8. The SMILES string of the molecule is C#Cc1cc(-c2c(C)cc(F)cc2C)cc([C@H](CC(=O)O)NC(=O)[C@H](CC(C)C)n2cc(CCn3cccn3)c(C(F)(F)F)cc2=O)c1F. The lowest BCUT2D eigenvalue weighted by Gasteiger charge is -2.27. The number of pyridine rings is 1. The van der Waals surface area contributed by atoms with Crippen LogP contribution in [0.25, 0.3) is 11.1 Å². The Labute approximate surface area is 279 Å². The molecular formula is C36H35F5N4O4. The molecule has 8 nitrogen and oxygen atoms in total. The van der Waals surface area contributed by atoms with Crippen molar-refractivity contribution in [3.63, 3.8) is 0 Å². The van der Waals surface area contributed by atoms with Crippen molar-refractivity contribution in [3.8, 4) is 23.5 Å². The summed E-state index contributed by atoms with van der Waals surface area (Å²) in [5.41, 5.74) is -1.14. The second-order valence-corrected chi connectivity index (χ2v) is 12.3. The van der Waals surface area contributed by atoms with Gasteiger partial charge in [-0.05, 0) is 90.8 Å². The maximum Gasteiger partial charge on any atom is 0.416 e. The van der Waals surface area contributed by atoms with Gasteiger partial charge in [-0.15, -0.1) is 6.42 Å². The summed E-state index contributed by atoms with van der Waals surface area (Å²) in [7, 11) is 0. The van der Waals surface area contributed by atoms with Crippen LogP contribution in [-0.4, -0.2) is 31.3 Å². The Kier molecular flexibility index (Phi) is 11.1. The third kappa shape index (κ3) is 8.62. The molecule has 0 radical (unpaired) electrons. The lowest BCUT2D eigenvalue weighted by Crippen LogP contribution is -2.41. The Morgan fingerprint density at radius 2 is 1.76 bits per heavy atom. The van der Waals surface area contributed by atoms with Gasteiger partial charge in [-0.1, -0.05) is 19.8 Å². The van der Waals surface area contributed by atoms with Crippen LogP contribution in [0.15, 0.2) is 59.8 Å². The first-order valence-electron chi connectivity index (χ1n) is 15.4. The fraction of sp³-hybridized carbons (Fsp3) is 0.333. The van der Waals surface area contributed by atoms with Crippen molar-refractivity contribution >= 4 is 11.9 Å². The molecule has 0 aliphatic rings. The monoisotopic (exact) mass is 682 g/mol. The number of carbonyl (C=O) groups is 2. The number of nitrogens with one attached hydrogen (secondary N) is 1. The van der Waals surface area contributed by atoms with Crippen molar-refractivity contribution < 1.29 is 36.6 Å². The largest absolute Gasteiger partial charge is 0.481 e. The minimum atomic E-state index is -4.86. The molecule has 0 saturated heterocycles. The van der Waals surface area contributed by atoms with Gasteiger partial charge in [0, 0.05) is 36.8 Å². The van der Waals surface area contributed by atoms with Gasteiger partial charge >= 0.3 is 12.1 Å². The Hall–Kier alpha value is -5.25. The molecule has 0 spiro atoms. The molecule has 49 heavy (non-hydrogen) atoms. The van der Waals surface area contributed by atoms with E-state index < -0.39 is 59.3 Å². The highest BCUT2D eigenvalue weighted by atomic mass is 19.4. The van der Waals surface area contributed by atoms with Gasteiger partial charge in [0.1, 0.15) is 17.7 Å². The number of rotatable bonds is 12. The highest BCUT2D eigenvalue weighted by molar-refractivity contribution is 5.82. The van der Waals surface area contributed by atoms with Crippen LogP contribution in [0, 0.1) is 43.7 Å². The van der Waals surface area contributed by atoms with Crippen LogP contribution >= 0.6 is 0 Å². The van der Waals surface area contributed by atoms with E-state index in [1.165, 1.54) is 35.1 Å². The van der Waals surface area contributed by atoms with Gasteiger partial charge in [-0.25, -0.2) is 8.78 Å². The molecule has 0 saturated carbocycles. The van der Waals surface area contributed by atoms with E-state index in [2.05, 4.69) is 16.3 Å². The number of amides is 1. The number of aromatic nitrogens is 3. The number of terminal acetylenes is 1. The van der Waals surface area contributed by atoms with Crippen LogP contribution in [0.5, 0.6) is 0 Å². The number of alkyl halides is 3. The zero-order chi connectivity index (χ0) is 36.2. The fourth-order valence-electron chi connectivity index (χ4n) is 5.96. The molecule has 4 rings (SSSR count). The molecule has 0 aliphatic heterocycles. The highest BCUT2D eigenvalue weighted by Gasteiger charge is 2.36. The molecule has 0 fully saturated rings. The number of carbonyl (C=O) groups excluding carboxylic acids is 1. The van der Waals surface area contributed by atoms with Crippen molar-refractivity contribution in [1.29, 1.82) is 0 Å². The van der Waals surface area contributed by atoms with Crippen molar-refractivity contribution in [3.05, 3.63) is 110 Å². The molecule has 0 unspecified atom stereocenters. The zero-order valence-corrected chi connectivity index (χ0v) is 27.2. The summed E-state index contributed by atoms with van der Waals surface area (Å²) in [5, 5.41) is 16.3. The van der Waals surface area contributed by atoms with Crippen LogP contribution in [0.1, 0.15) is 72.2 Å². The van der Waals surface area contributed by atoms with Gasteiger partial charge in [0.05, 0.1) is 23.6 Å². The lowest BCUT2D eigenvalue weighted by atomic mass is 9.90. The smallest absolute Gasteiger partial charge is 0.416 e. The molecular weight excluding hydrogens is 647 g/mol. The predicted molar refractivity (Wildman–Crippen MR) is 172 cm³/mol. The molecule has 0 aliphatic carbocycles. The van der Waals surface area contributed by atoms with Gasteiger partial charge in [-0.3, -0.25) is 19.1 Å². The number of benzene rings is 2. The third-order valence-corrected chi connectivity index (χ3v) is 8.08. The summed E-state index contributed by atoms with van der Waals surface area (Å²) in [6.45, 7) is 6.80. The van der Waals surface area contributed by atoms with Crippen molar-refractivity contribution in [1.82, 2.24) is 19.7 Å². The number of nitrogens with zero attached hydrogens (tertiary/aromatic N) is 3. The molecule has 2 aromatic carbocycles. The Bertz CT molecular complexity index is 1940. The van der Waals surface area contributed by atoms with E-state index >= 15 is 4.39 Å². The molecule has 0 bridgehead atoms. The number of aliphatic carboxylic acids is 1. The number of carboxylic acid groups (broad SMARTS) is 1. The second-order valence-electron chi connectivity index (χ2n) is 12.3. The molecule has 2 atom stereocenters. The lowest BCUT2D eigenvalue weighted by molar-refractivity contribution is -0.139. The van der Waals surface area contributed by atoms with Crippen LogP contribution in [0.4, 0.5) is 22.0 Å². The van der Waals surface area contributed by atoms with E-state index in [1.54, 1.807) is 40.0 Å². The summed E-state index contributed by atoms with van der Waals surface area (Å²) >= 11 is 0. The first-order valence-corrected chi connectivity index (χ1v) is 15.4. The Morgan fingerprint density at radius 3 is 2.31 bits per heavy atom. The van der Waals surface area contributed by atoms with Crippen molar-refractivity contribution in [2.75, 3.05) is 0 Å². The average molecular weight is 683 g/mol. The quantitative estimate of drug-likeness (QED) is 0.127. The van der Waals surface area contributed by atoms with Crippen LogP contribution < -0.4 is 10.9 Å². The topological polar surface area (TPSA) is 106 Å². The average Bonchev–Trinajstić information content (AvgIpc) is 3.52. The zero-order valence-electron chi connectivity index (χ0n) is 27.2. The van der Waals surface area contributed by atoms with Crippen molar-refractivity contribution in [2.45, 2.75) is 71.8 Å². The van der Waals surface area contributed by atoms with Crippen LogP contribution in [0.3, 0.4) is 0 Å². The minimum absolute atomic E-state index is 0.0262. The van der Waals surface area contributed by atoms with Gasteiger partial charge < -0.3 is 15.0 Å². The molecule has 258 valence electrons. The molecule has 2 N–H and O–H groups in total. The van der Waals surface area contributed by atoms with Crippen LogP contribution in [0.2, 0.25) is 0 Å². The van der Waals surface area contributed by atoms with E-state index in [0.29, 0.717) is 28.3 Å². The molecule has 13 heteroatoms. The highest BCUT2D eigenvalue weighted by Crippen LogP contribution is 2.35. The molecule has 1 amide bonds. The second kappa shape index (κ2) is 14.9. The van der Waals surface area contributed by atoms with Crippen LogP contribution in [-0.2, 0) is 28.7 Å². The predicted octanol–water partition coefficient (Wildman–Crippen LogP) is 6.77. The Balaban J connectivity index is 1.82. The standard InChI is InChI=1S/C36H35F5N4O4/c1-6-23-15-25(33-21(4)13-26(37)14-22(33)5)16-27(34(23)38)29(18-32(47)48)43-35(49)30(12-20(2)3)45-19-24(8-11-44-10-7-9-42-44)28(17-31(45)46)36(39,40)41/h1,7,9-10,13-17,19-20,29-30H,8,11-12,18H2,2-5H3,(H,43,49)(H,47,48)/t29-,30-/m0/s1.